The van der Waals surface area contributed by atoms with Gasteiger partial charge in [0.25, 0.3) is 0 Å². The van der Waals surface area contributed by atoms with E-state index in [1.54, 1.807) is 0 Å². The van der Waals surface area contributed by atoms with Crippen LogP contribution in [0.15, 0.2) is 182 Å². The molecular weight excluding hydrogens is 641 g/mol. The van der Waals surface area contributed by atoms with Gasteiger partial charge in [-0.2, -0.15) is 0 Å². The Morgan fingerprint density at radius 2 is 1.11 bits per heavy atom. The fourth-order valence-electron chi connectivity index (χ4n) is 8.51. The standard InChI is InChI=1S/C51H36N2/c1-51(2)46-34-36(28-31-42(46)44-32-33-45-43-21-11-12-22-48(43)53(50(45)49(44)51)39-18-7-4-8-19-39)25-24-35-26-29-40(30-27-35)52(38-16-5-3-6-17-38)47-23-13-15-37-14-9-10-20-41(37)47/h3-23,26-34H,1-2H3. The van der Waals surface area contributed by atoms with Gasteiger partial charge in [0, 0.05) is 49.8 Å². The minimum absolute atomic E-state index is 0.215. The summed E-state index contributed by atoms with van der Waals surface area (Å²) in [5.41, 5.74) is 14.1. The molecule has 8 aromatic carbocycles. The van der Waals surface area contributed by atoms with E-state index >= 15 is 0 Å². The zero-order valence-electron chi connectivity index (χ0n) is 29.7. The number of hydrogen-bond donors (Lipinski definition) is 0. The highest BCUT2D eigenvalue weighted by molar-refractivity contribution is 6.13. The van der Waals surface area contributed by atoms with Crippen molar-refractivity contribution in [3.8, 4) is 28.7 Å². The first-order valence-corrected chi connectivity index (χ1v) is 18.3. The Morgan fingerprint density at radius 3 is 1.92 bits per heavy atom. The van der Waals surface area contributed by atoms with Gasteiger partial charge < -0.3 is 9.47 Å². The molecule has 0 N–H and O–H groups in total. The lowest BCUT2D eigenvalue weighted by Gasteiger charge is -2.26. The fraction of sp³-hybridized carbons (Fsp3) is 0.0588. The lowest BCUT2D eigenvalue weighted by atomic mass is 9.81. The highest BCUT2D eigenvalue weighted by atomic mass is 15.1. The Labute approximate surface area is 310 Å². The van der Waals surface area contributed by atoms with Crippen molar-refractivity contribution in [2.45, 2.75) is 19.3 Å². The predicted molar refractivity (Wildman–Crippen MR) is 223 cm³/mol. The Balaban J connectivity index is 1.02. The molecule has 0 fully saturated rings. The number of hydrogen-bond acceptors (Lipinski definition) is 1. The molecule has 1 aliphatic carbocycles. The Morgan fingerprint density at radius 1 is 0.491 bits per heavy atom. The summed E-state index contributed by atoms with van der Waals surface area (Å²) < 4.78 is 2.46. The third-order valence-corrected chi connectivity index (χ3v) is 11.0. The minimum Gasteiger partial charge on any atom is -0.310 e. The molecule has 0 spiro atoms. The maximum atomic E-state index is 3.52. The average molecular weight is 677 g/mol. The first-order valence-electron chi connectivity index (χ1n) is 18.3. The van der Waals surface area contributed by atoms with Gasteiger partial charge in [-0.3, -0.25) is 0 Å². The quantitative estimate of drug-likeness (QED) is 0.168. The van der Waals surface area contributed by atoms with Gasteiger partial charge in [-0.05, 0) is 100 Å². The summed E-state index contributed by atoms with van der Waals surface area (Å²) in [5, 5.41) is 5.00. The van der Waals surface area contributed by atoms with Crippen molar-refractivity contribution < 1.29 is 0 Å². The summed E-state index contributed by atoms with van der Waals surface area (Å²) in [7, 11) is 0. The minimum atomic E-state index is -0.215. The third-order valence-electron chi connectivity index (χ3n) is 11.0. The number of fused-ring (bicyclic) bond motifs is 8. The van der Waals surface area contributed by atoms with E-state index in [2.05, 4.69) is 217 Å². The molecule has 1 aromatic heterocycles. The zero-order chi connectivity index (χ0) is 35.5. The summed E-state index contributed by atoms with van der Waals surface area (Å²) in [4.78, 5) is 2.33. The van der Waals surface area contributed by atoms with Gasteiger partial charge in [0.2, 0.25) is 0 Å². The van der Waals surface area contributed by atoms with Crippen LogP contribution in [0.2, 0.25) is 0 Å². The van der Waals surface area contributed by atoms with E-state index in [9.17, 15) is 0 Å². The van der Waals surface area contributed by atoms with Crippen molar-refractivity contribution in [1.82, 2.24) is 4.57 Å². The van der Waals surface area contributed by atoms with Crippen LogP contribution < -0.4 is 4.90 Å². The number of benzene rings is 8. The van der Waals surface area contributed by atoms with Gasteiger partial charge in [-0.25, -0.2) is 0 Å². The lowest BCUT2D eigenvalue weighted by molar-refractivity contribution is 0.663. The van der Waals surface area contributed by atoms with E-state index in [-0.39, 0.29) is 5.41 Å². The zero-order valence-corrected chi connectivity index (χ0v) is 29.7. The second kappa shape index (κ2) is 12.2. The van der Waals surface area contributed by atoms with Crippen LogP contribution >= 0.6 is 0 Å². The summed E-state index contributed by atoms with van der Waals surface area (Å²) in [6.07, 6.45) is 0. The van der Waals surface area contributed by atoms with Crippen LogP contribution in [0.4, 0.5) is 17.1 Å². The van der Waals surface area contributed by atoms with Crippen molar-refractivity contribution in [3.63, 3.8) is 0 Å². The summed E-state index contributed by atoms with van der Waals surface area (Å²) >= 11 is 0. The first kappa shape index (κ1) is 31.0. The van der Waals surface area contributed by atoms with Gasteiger partial charge in [0.1, 0.15) is 0 Å². The molecule has 0 amide bonds. The molecule has 2 nitrogen and oxygen atoms in total. The van der Waals surface area contributed by atoms with E-state index in [4.69, 9.17) is 0 Å². The summed E-state index contributed by atoms with van der Waals surface area (Å²) in [6, 6.07) is 65.2. The number of aromatic nitrogens is 1. The maximum Gasteiger partial charge on any atom is 0.0588 e. The second-order valence-corrected chi connectivity index (χ2v) is 14.4. The number of anilines is 3. The molecule has 0 unspecified atom stereocenters. The van der Waals surface area contributed by atoms with Crippen LogP contribution in [-0.4, -0.2) is 4.57 Å². The fourth-order valence-corrected chi connectivity index (χ4v) is 8.51. The molecule has 1 aliphatic rings. The maximum absolute atomic E-state index is 3.52. The summed E-state index contributed by atoms with van der Waals surface area (Å²) in [6.45, 7) is 4.74. The topological polar surface area (TPSA) is 8.17 Å². The van der Waals surface area contributed by atoms with Gasteiger partial charge in [0.15, 0.2) is 0 Å². The van der Waals surface area contributed by atoms with Crippen LogP contribution in [0.25, 0.3) is 49.4 Å². The number of rotatable bonds is 4. The van der Waals surface area contributed by atoms with E-state index in [1.165, 1.54) is 60.5 Å². The largest absolute Gasteiger partial charge is 0.310 e. The molecule has 0 bridgehead atoms. The first-order chi connectivity index (χ1) is 26.1. The number of nitrogens with zero attached hydrogens (tertiary/aromatic N) is 2. The molecule has 0 radical (unpaired) electrons. The van der Waals surface area contributed by atoms with Gasteiger partial charge in [-0.15, -0.1) is 0 Å². The van der Waals surface area contributed by atoms with Crippen LogP contribution in [0.3, 0.4) is 0 Å². The van der Waals surface area contributed by atoms with E-state index < -0.39 is 0 Å². The van der Waals surface area contributed by atoms with Crippen molar-refractivity contribution in [3.05, 3.63) is 204 Å². The van der Waals surface area contributed by atoms with Crippen molar-refractivity contribution >= 4 is 49.6 Å². The van der Waals surface area contributed by atoms with E-state index in [0.717, 1.165) is 28.2 Å². The van der Waals surface area contributed by atoms with Gasteiger partial charge >= 0.3 is 0 Å². The third kappa shape index (κ3) is 4.97. The number of para-hydroxylation sites is 3. The van der Waals surface area contributed by atoms with Crippen LogP contribution in [0.1, 0.15) is 36.1 Å². The summed E-state index contributed by atoms with van der Waals surface area (Å²) in [5.74, 6) is 7.00. The highest BCUT2D eigenvalue weighted by Crippen LogP contribution is 2.53. The monoisotopic (exact) mass is 676 g/mol. The molecule has 0 saturated heterocycles. The van der Waals surface area contributed by atoms with Crippen molar-refractivity contribution in [2.75, 3.05) is 4.90 Å². The average Bonchev–Trinajstić information content (AvgIpc) is 3.66. The molecule has 0 atom stereocenters. The van der Waals surface area contributed by atoms with E-state index in [0.29, 0.717) is 0 Å². The molecule has 10 rings (SSSR count). The Bertz CT molecular complexity index is 2900. The molecule has 0 saturated carbocycles. The molecular formula is C51H36N2. The second-order valence-electron chi connectivity index (χ2n) is 14.4. The molecule has 9 aromatic rings. The normalized spacial score (nSPS) is 12.7. The SMILES string of the molecule is CC1(C)c2cc(C#Cc3ccc(N(c4ccccc4)c4cccc5ccccc45)cc3)ccc2-c2ccc3c4ccccc4n(-c4ccccc4)c3c21. The smallest absolute Gasteiger partial charge is 0.0588 e. The predicted octanol–water partition coefficient (Wildman–Crippen LogP) is 13.1. The van der Waals surface area contributed by atoms with Crippen LogP contribution in [-0.2, 0) is 5.41 Å². The van der Waals surface area contributed by atoms with Crippen molar-refractivity contribution in [1.29, 1.82) is 0 Å². The highest BCUT2D eigenvalue weighted by Gasteiger charge is 2.38. The molecule has 0 aliphatic heterocycles. The van der Waals surface area contributed by atoms with Crippen LogP contribution in [0, 0.1) is 11.8 Å². The Hall–Kier alpha value is -6.82. The molecule has 250 valence electrons. The van der Waals surface area contributed by atoms with Gasteiger partial charge in [0.05, 0.1) is 16.7 Å². The lowest BCUT2D eigenvalue weighted by Crippen LogP contribution is -2.16. The Kier molecular flexibility index (Phi) is 7.10. The van der Waals surface area contributed by atoms with Gasteiger partial charge in [-0.1, -0.05) is 135 Å². The van der Waals surface area contributed by atoms with E-state index in [1.807, 2.05) is 0 Å². The molecule has 1 heterocycles. The van der Waals surface area contributed by atoms with Crippen molar-refractivity contribution in [2.24, 2.45) is 0 Å². The molecule has 53 heavy (non-hydrogen) atoms. The molecule has 2 heteroatoms. The van der Waals surface area contributed by atoms with Crippen LogP contribution in [0.5, 0.6) is 0 Å².